The molecule has 27 aromatic rings. The maximum Gasteiger partial charge on any atom is 0.164 e. The number of aromatic nitrogens is 7. The van der Waals surface area contributed by atoms with Crippen LogP contribution in [0.3, 0.4) is 0 Å². The molecule has 0 saturated heterocycles. The van der Waals surface area contributed by atoms with E-state index >= 15 is 0 Å². The van der Waals surface area contributed by atoms with Gasteiger partial charge in [0.15, 0.2) is 34.9 Å². The van der Waals surface area contributed by atoms with Gasteiger partial charge in [-0.25, -0.2) is 29.9 Å². The second-order valence-electron chi connectivity index (χ2n) is 32.8. The summed E-state index contributed by atoms with van der Waals surface area (Å²) in [7, 11) is 0. The zero-order valence-electron chi connectivity index (χ0n) is 67.8. The fraction of sp³-hybridized carbons (Fsp3) is 0.00870. The third-order valence-corrected chi connectivity index (χ3v) is 27.9. The lowest BCUT2D eigenvalue weighted by Crippen LogP contribution is -2.02. The van der Waals surface area contributed by atoms with Gasteiger partial charge < -0.3 is 13.4 Å². The van der Waals surface area contributed by atoms with Gasteiger partial charge in [0.2, 0.25) is 0 Å². The van der Waals surface area contributed by atoms with Gasteiger partial charge in [0.1, 0.15) is 22.3 Å². The minimum Gasteiger partial charge on any atom is -0.455 e. The Bertz CT molecular complexity index is 9340. The van der Waals surface area contributed by atoms with E-state index in [1.165, 1.54) is 84.1 Å². The molecule has 127 heavy (non-hydrogen) atoms. The SMILES string of the molecule is Clc1cc(-c2nc(-c3ccc4ccccc4c3)nc(-c3cccc4sc5ccccc5c34)n2)c2c(c1)oc1c3ccccc3ccc12.c1ccc2c(c1)Cc1cc3ccccc3cc1-2.c1ccc2cc(-c3nc(-c4cc(-n5c6ccccc6c6cc7ccccc7cc65)cc5oc6c7ccccc7ccc6c45)nc(-c4cccc5sc6ccccc6c45)n3)ccc2c1. The second-order valence-corrected chi connectivity index (χ2v) is 35.4. The fourth-order valence-corrected chi connectivity index (χ4v) is 22.0. The van der Waals surface area contributed by atoms with Crippen LogP contribution in [0.25, 0.3) is 256 Å². The van der Waals surface area contributed by atoms with Crippen molar-refractivity contribution < 1.29 is 8.83 Å². The van der Waals surface area contributed by atoms with E-state index in [4.69, 9.17) is 50.3 Å². The number of hydrogen-bond acceptors (Lipinski definition) is 10. The van der Waals surface area contributed by atoms with Crippen LogP contribution in [0.1, 0.15) is 11.1 Å². The Labute approximate surface area is 738 Å². The highest BCUT2D eigenvalue weighted by molar-refractivity contribution is 7.26. The molecule has 0 spiro atoms. The Hall–Kier alpha value is -15.9. The second kappa shape index (κ2) is 29.1. The van der Waals surface area contributed by atoms with E-state index in [0.29, 0.717) is 45.6 Å². The number of thiophene rings is 2. The van der Waals surface area contributed by atoms with E-state index in [9.17, 15) is 0 Å². The summed E-state index contributed by atoms with van der Waals surface area (Å²) in [5.41, 5.74) is 17.5. The van der Waals surface area contributed by atoms with Crippen molar-refractivity contribution in [2.75, 3.05) is 0 Å². The largest absolute Gasteiger partial charge is 0.455 e. The molecule has 0 unspecified atom stereocenters. The smallest absolute Gasteiger partial charge is 0.164 e. The highest BCUT2D eigenvalue weighted by atomic mass is 35.5. The molecule has 0 bridgehead atoms. The fourth-order valence-electron chi connectivity index (χ4n) is 19.5. The first-order valence-corrected chi connectivity index (χ1v) is 44.6. The van der Waals surface area contributed by atoms with E-state index in [2.05, 4.69) is 369 Å². The van der Waals surface area contributed by atoms with Crippen molar-refractivity contribution in [1.29, 1.82) is 0 Å². The van der Waals surface area contributed by atoms with Gasteiger partial charge in [-0.3, -0.25) is 0 Å². The van der Waals surface area contributed by atoms with Crippen molar-refractivity contribution in [2.24, 2.45) is 0 Å². The molecule has 0 aliphatic heterocycles. The number of rotatable bonds is 7. The highest BCUT2D eigenvalue weighted by Gasteiger charge is 2.28. The van der Waals surface area contributed by atoms with Crippen LogP contribution in [0.5, 0.6) is 0 Å². The number of halogens is 1. The third-order valence-electron chi connectivity index (χ3n) is 25.4. The van der Waals surface area contributed by atoms with Gasteiger partial charge in [0.25, 0.3) is 0 Å². The number of hydrogen-bond donors (Lipinski definition) is 0. The Balaban J connectivity index is 0.000000116. The molecule has 12 heteroatoms. The average Bonchev–Trinajstić information content (AvgIpc) is 1.58. The minimum absolute atomic E-state index is 0.540. The van der Waals surface area contributed by atoms with Gasteiger partial charge >= 0.3 is 0 Å². The van der Waals surface area contributed by atoms with Crippen molar-refractivity contribution >= 4 is 205 Å². The van der Waals surface area contributed by atoms with Gasteiger partial charge in [-0.1, -0.05) is 303 Å². The van der Waals surface area contributed by atoms with E-state index in [-0.39, 0.29) is 0 Å². The van der Waals surface area contributed by atoms with Crippen LogP contribution in [-0.4, -0.2) is 34.5 Å². The van der Waals surface area contributed by atoms with Crippen LogP contribution in [0, 0.1) is 0 Å². The maximum absolute atomic E-state index is 7.05. The molecule has 9 nitrogen and oxygen atoms in total. The first-order valence-electron chi connectivity index (χ1n) is 42.6. The van der Waals surface area contributed by atoms with Crippen LogP contribution in [0.4, 0.5) is 0 Å². The monoisotopic (exact) mass is 1680 g/mol. The van der Waals surface area contributed by atoms with Gasteiger partial charge in [-0.05, 0) is 167 Å². The summed E-state index contributed by atoms with van der Waals surface area (Å²) in [4.78, 5) is 31.9. The van der Waals surface area contributed by atoms with E-state index in [0.717, 1.165) is 149 Å². The molecule has 592 valence electrons. The van der Waals surface area contributed by atoms with Crippen LogP contribution >= 0.6 is 34.3 Å². The van der Waals surface area contributed by atoms with Crippen molar-refractivity contribution in [3.05, 3.63) is 404 Å². The number of fused-ring (bicyclic) bond motifs is 26. The summed E-state index contributed by atoms with van der Waals surface area (Å²) < 4.78 is 20.8. The molecule has 0 N–H and O–H groups in total. The van der Waals surface area contributed by atoms with Gasteiger partial charge in [-0.2, -0.15) is 0 Å². The maximum atomic E-state index is 7.05. The first kappa shape index (κ1) is 72.7. The van der Waals surface area contributed by atoms with Crippen LogP contribution in [0.15, 0.2) is 397 Å². The quantitative estimate of drug-likeness (QED) is 0.155. The Morgan fingerprint density at radius 3 is 1.21 bits per heavy atom. The predicted molar refractivity (Wildman–Crippen MR) is 532 cm³/mol. The summed E-state index contributed by atoms with van der Waals surface area (Å²) in [6, 6.07) is 137. The van der Waals surface area contributed by atoms with Gasteiger partial charge in [-0.15, -0.1) is 22.7 Å². The van der Waals surface area contributed by atoms with Crippen molar-refractivity contribution in [2.45, 2.75) is 6.42 Å². The van der Waals surface area contributed by atoms with Crippen molar-refractivity contribution in [3.8, 4) is 85.1 Å². The highest BCUT2D eigenvalue weighted by Crippen LogP contribution is 2.49. The zero-order chi connectivity index (χ0) is 83.5. The summed E-state index contributed by atoms with van der Waals surface area (Å²) >= 11 is 10.4. The van der Waals surface area contributed by atoms with Crippen LogP contribution < -0.4 is 0 Å². The lowest BCUT2D eigenvalue weighted by molar-refractivity contribution is 0.672. The molecule has 0 radical (unpaired) electrons. The molecule has 1 aliphatic carbocycles. The van der Waals surface area contributed by atoms with Crippen LogP contribution in [0.2, 0.25) is 5.02 Å². The Morgan fingerprint density at radius 1 is 0.236 bits per heavy atom. The third kappa shape index (κ3) is 12.1. The van der Waals surface area contributed by atoms with Gasteiger partial charge in [0, 0.05) is 134 Å². The summed E-state index contributed by atoms with van der Waals surface area (Å²) in [6.07, 6.45) is 1.08. The molecule has 1 aliphatic rings. The molecule has 28 rings (SSSR count). The van der Waals surface area contributed by atoms with E-state index < -0.39 is 0 Å². The molecule has 0 atom stereocenters. The Kier molecular flexibility index (Phi) is 16.7. The van der Waals surface area contributed by atoms with E-state index in [1.54, 1.807) is 22.7 Å². The minimum atomic E-state index is 0.540. The summed E-state index contributed by atoms with van der Waals surface area (Å²) in [6.45, 7) is 0. The molecule has 0 fully saturated rings. The number of nitrogens with zero attached hydrogens (tertiary/aromatic N) is 7. The van der Waals surface area contributed by atoms with Crippen molar-refractivity contribution in [1.82, 2.24) is 34.5 Å². The molecular weight excluding hydrogens is 1610 g/mol. The summed E-state index contributed by atoms with van der Waals surface area (Å²) in [5, 5.41) is 25.5. The zero-order valence-corrected chi connectivity index (χ0v) is 70.2. The predicted octanol–water partition coefficient (Wildman–Crippen LogP) is 32.2. The topological polar surface area (TPSA) is 109 Å². The molecule has 7 aromatic heterocycles. The average molecular weight is 1680 g/mol. The molecule has 20 aromatic carbocycles. The summed E-state index contributed by atoms with van der Waals surface area (Å²) in [5.74, 6) is 3.55. The van der Waals surface area contributed by atoms with Crippen molar-refractivity contribution in [3.63, 3.8) is 0 Å². The first-order chi connectivity index (χ1) is 62.8. The van der Waals surface area contributed by atoms with E-state index in [1.807, 2.05) is 24.3 Å². The lowest BCUT2D eigenvalue weighted by Gasteiger charge is -2.13. The normalized spacial score (nSPS) is 12.1. The number of benzene rings is 20. The standard InChI is InChI=1S/C57H32N4OS.C41H22ClN3OS.C17H12/c1-2-14-35-28-38(25-24-33(35)12-1)55-58-56(44-20-11-23-51-53(44)42-19-8-10-22-50(42)63-51)60-57(59-55)46-31-39(32-49-52(46)43-27-26-34-13-5-6-17-40(34)54(43)62-49)61-47-21-9-7-18-41(47)45-29-36-15-3-4-16-37(36)30-48(45)61;42-27-21-32(36-30-19-18-24-9-3-4-11-28(24)38(30)46-33(36)22-27)41-44-39(26-17-16-23-8-1-2-10-25(23)20-26)43-40(45-41)31-13-7-15-35-37(31)29-12-5-6-14-34(29)47-35;1-2-6-13-11-17-15(9-12(13)5-1)10-14-7-3-4-8-16(14)17/h1-32H;1-22H;1-9,11H,10H2. The van der Waals surface area contributed by atoms with Gasteiger partial charge in [0.05, 0.1) is 16.7 Å². The Morgan fingerprint density at radius 2 is 0.646 bits per heavy atom. The molecule has 0 amide bonds. The lowest BCUT2D eigenvalue weighted by atomic mass is 10.0. The molecule has 0 saturated carbocycles. The van der Waals surface area contributed by atoms with Crippen LogP contribution in [-0.2, 0) is 6.42 Å². The number of furan rings is 2. The molecule has 7 heterocycles. The molecular formula is C115H66ClN7O2S2. The number of para-hydroxylation sites is 1.